The topological polar surface area (TPSA) is 27.3 Å². The van der Waals surface area contributed by atoms with Crippen LogP contribution in [0.2, 0.25) is 0 Å². The Morgan fingerprint density at radius 1 is 0.556 bits per heavy atom. The summed E-state index contributed by atoms with van der Waals surface area (Å²) in [4.78, 5) is 2.28. The maximum absolute atomic E-state index is 3.44. The van der Waals surface area contributed by atoms with Crippen molar-refractivity contribution in [3.63, 3.8) is 0 Å². The molecule has 0 saturated carbocycles. The van der Waals surface area contributed by atoms with Crippen LogP contribution in [0.1, 0.15) is 26.7 Å². The van der Waals surface area contributed by atoms with Crippen molar-refractivity contribution in [3.05, 3.63) is 78.9 Å². The van der Waals surface area contributed by atoms with Crippen molar-refractivity contribution >= 4 is 28.4 Å². The highest BCUT2D eigenvalue weighted by Crippen LogP contribution is 2.35. The lowest BCUT2D eigenvalue weighted by Crippen LogP contribution is -2.10. The van der Waals surface area contributed by atoms with E-state index in [0.29, 0.717) is 0 Å². The van der Waals surface area contributed by atoms with Crippen molar-refractivity contribution in [1.82, 2.24) is 0 Å². The standard InChI is InChI=1S/C24H29N3/c1-3-18-25-20-10-14-23(15-11-20)27(22-8-6-5-7-9-22)24-16-12-21(13-17-24)26-19-4-2/h5-17,25-26H,3-4,18-19H2,1-2H3. The van der Waals surface area contributed by atoms with Gasteiger partial charge in [-0.3, -0.25) is 0 Å². The van der Waals surface area contributed by atoms with Gasteiger partial charge in [-0.25, -0.2) is 0 Å². The van der Waals surface area contributed by atoms with E-state index in [1.807, 2.05) is 0 Å². The molecule has 0 unspecified atom stereocenters. The Kier molecular flexibility index (Phi) is 6.75. The van der Waals surface area contributed by atoms with E-state index in [4.69, 9.17) is 0 Å². The first-order valence-electron chi connectivity index (χ1n) is 9.85. The minimum absolute atomic E-state index is 0.994. The zero-order valence-corrected chi connectivity index (χ0v) is 16.3. The molecule has 0 heterocycles. The molecule has 3 rings (SSSR count). The second kappa shape index (κ2) is 9.67. The van der Waals surface area contributed by atoms with E-state index < -0.39 is 0 Å². The Labute approximate surface area is 163 Å². The van der Waals surface area contributed by atoms with E-state index in [-0.39, 0.29) is 0 Å². The molecule has 0 aromatic heterocycles. The van der Waals surface area contributed by atoms with Crippen LogP contribution in [0.25, 0.3) is 0 Å². The van der Waals surface area contributed by atoms with Gasteiger partial charge in [0, 0.05) is 41.5 Å². The first-order valence-corrected chi connectivity index (χ1v) is 9.85. The minimum atomic E-state index is 0.994. The van der Waals surface area contributed by atoms with Crippen LogP contribution in [0, 0.1) is 0 Å². The normalized spacial score (nSPS) is 10.4. The molecule has 3 nitrogen and oxygen atoms in total. The van der Waals surface area contributed by atoms with E-state index in [1.54, 1.807) is 0 Å². The first kappa shape index (κ1) is 18.8. The highest BCUT2D eigenvalue weighted by Gasteiger charge is 2.12. The summed E-state index contributed by atoms with van der Waals surface area (Å²) in [6.45, 7) is 6.34. The Bertz CT molecular complexity index is 744. The van der Waals surface area contributed by atoms with E-state index in [0.717, 1.165) is 54.4 Å². The van der Waals surface area contributed by atoms with Crippen molar-refractivity contribution in [2.45, 2.75) is 26.7 Å². The number of hydrogen-bond donors (Lipinski definition) is 2. The van der Waals surface area contributed by atoms with Crippen molar-refractivity contribution < 1.29 is 0 Å². The number of para-hydroxylation sites is 1. The van der Waals surface area contributed by atoms with E-state index in [1.165, 1.54) is 0 Å². The van der Waals surface area contributed by atoms with Gasteiger partial charge in [0.05, 0.1) is 0 Å². The van der Waals surface area contributed by atoms with Crippen LogP contribution >= 0.6 is 0 Å². The average molecular weight is 360 g/mol. The van der Waals surface area contributed by atoms with Crippen molar-refractivity contribution in [3.8, 4) is 0 Å². The summed E-state index contributed by atoms with van der Waals surface area (Å²) in [7, 11) is 0. The molecule has 0 aliphatic carbocycles. The number of nitrogens with one attached hydrogen (secondary N) is 2. The number of anilines is 5. The maximum atomic E-state index is 3.44. The highest BCUT2D eigenvalue weighted by atomic mass is 15.1. The van der Waals surface area contributed by atoms with Crippen LogP contribution in [-0.4, -0.2) is 13.1 Å². The molecule has 2 N–H and O–H groups in total. The molecule has 0 amide bonds. The van der Waals surface area contributed by atoms with Crippen LogP contribution in [0.3, 0.4) is 0 Å². The predicted molar refractivity (Wildman–Crippen MR) is 119 cm³/mol. The van der Waals surface area contributed by atoms with Gasteiger partial charge in [-0.15, -0.1) is 0 Å². The molecule has 0 atom stereocenters. The smallest absolute Gasteiger partial charge is 0.0463 e. The number of nitrogens with zero attached hydrogens (tertiary/aromatic N) is 1. The molecule has 3 aromatic carbocycles. The molecule has 140 valence electrons. The third-order valence-corrected chi connectivity index (χ3v) is 4.42. The van der Waals surface area contributed by atoms with Crippen LogP contribution in [-0.2, 0) is 0 Å². The molecule has 0 spiro atoms. The molecule has 3 heteroatoms. The average Bonchev–Trinajstić information content (AvgIpc) is 2.73. The lowest BCUT2D eigenvalue weighted by Gasteiger charge is -2.26. The Morgan fingerprint density at radius 2 is 0.963 bits per heavy atom. The molecular formula is C24H29N3. The molecule has 0 aliphatic rings. The fourth-order valence-corrected chi connectivity index (χ4v) is 3.02. The van der Waals surface area contributed by atoms with Gasteiger partial charge in [0.15, 0.2) is 0 Å². The van der Waals surface area contributed by atoms with Crippen molar-refractivity contribution in [2.24, 2.45) is 0 Å². The zero-order chi connectivity index (χ0) is 18.9. The Morgan fingerprint density at radius 3 is 1.37 bits per heavy atom. The summed E-state index contributed by atoms with van der Waals surface area (Å²) >= 11 is 0. The molecule has 0 radical (unpaired) electrons. The summed E-state index contributed by atoms with van der Waals surface area (Å²) < 4.78 is 0. The third-order valence-electron chi connectivity index (χ3n) is 4.42. The number of hydrogen-bond acceptors (Lipinski definition) is 3. The van der Waals surface area contributed by atoms with Gasteiger partial charge < -0.3 is 15.5 Å². The Balaban J connectivity index is 1.90. The Hall–Kier alpha value is -2.94. The van der Waals surface area contributed by atoms with Crippen molar-refractivity contribution in [1.29, 1.82) is 0 Å². The van der Waals surface area contributed by atoms with Gasteiger partial charge in [0.1, 0.15) is 0 Å². The molecule has 0 fully saturated rings. The quantitative estimate of drug-likeness (QED) is 0.440. The molecule has 0 aliphatic heterocycles. The number of benzene rings is 3. The van der Waals surface area contributed by atoms with E-state index >= 15 is 0 Å². The minimum Gasteiger partial charge on any atom is -0.385 e. The summed E-state index contributed by atoms with van der Waals surface area (Å²) in [6, 6.07) is 27.8. The zero-order valence-electron chi connectivity index (χ0n) is 16.3. The van der Waals surface area contributed by atoms with Crippen LogP contribution in [0.5, 0.6) is 0 Å². The number of rotatable bonds is 9. The van der Waals surface area contributed by atoms with Gasteiger partial charge in [0.25, 0.3) is 0 Å². The molecule has 0 saturated heterocycles. The second-order valence-corrected chi connectivity index (χ2v) is 6.62. The van der Waals surface area contributed by atoms with Gasteiger partial charge >= 0.3 is 0 Å². The summed E-state index contributed by atoms with van der Waals surface area (Å²) in [5.41, 5.74) is 5.77. The van der Waals surface area contributed by atoms with Crippen molar-refractivity contribution in [2.75, 3.05) is 28.6 Å². The lowest BCUT2D eigenvalue weighted by atomic mass is 10.1. The van der Waals surface area contributed by atoms with Crippen LogP contribution in [0.15, 0.2) is 78.9 Å². The van der Waals surface area contributed by atoms with E-state index in [9.17, 15) is 0 Å². The van der Waals surface area contributed by atoms with E-state index in [2.05, 4.69) is 108 Å². The summed E-state index contributed by atoms with van der Waals surface area (Å²) in [6.07, 6.45) is 2.24. The van der Waals surface area contributed by atoms with Gasteiger partial charge in [-0.2, -0.15) is 0 Å². The van der Waals surface area contributed by atoms with Gasteiger partial charge in [-0.1, -0.05) is 32.0 Å². The molecule has 3 aromatic rings. The second-order valence-electron chi connectivity index (χ2n) is 6.62. The molecule has 27 heavy (non-hydrogen) atoms. The monoisotopic (exact) mass is 359 g/mol. The molecule has 0 bridgehead atoms. The van der Waals surface area contributed by atoms with Crippen LogP contribution in [0.4, 0.5) is 28.4 Å². The fraction of sp³-hybridized carbons (Fsp3) is 0.250. The fourth-order valence-electron chi connectivity index (χ4n) is 3.02. The SMILES string of the molecule is CCCNc1ccc(N(c2ccccc2)c2ccc(NCCC)cc2)cc1. The highest BCUT2D eigenvalue weighted by molar-refractivity contribution is 5.78. The first-order chi connectivity index (χ1) is 13.3. The maximum Gasteiger partial charge on any atom is 0.0463 e. The summed E-state index contributed by atoms with van der Waals surface area (Å²) in [5, 5.41) is 6.88. The predicted octanol–water partition coefficient (Wildman–Crippen LogP) is 6.80. The lowest BCUT2D eigenvalue weighted by molar-refractivity contribution is 0.979. The van der Waals surface area contributed by atoms with Gasteiger partial charge in [-0.05, 0) is 73.5 Å². The summed E-state index contributed by atoms with van der Waals surface area (Å²) in [5.74, 6) is 0. The largest absolute Gasteiger partial charge is 0.385 e. The third kappa shape index (κ3) is 5.04. The molecular weight excluding hydrogens is 330 g/mol. The van der Waals surface area contributed by atoms with Gasteiger partial charge in [0.2, 0.25) is 0 Å². The van der Waals surface area contributed by atoms with Crippen LogP contribution < -0.4 is 15.5 Å².